The zero-order chi connectivity index (χ0) is 10.6. The van der Waals surface area contributed by atoms with Gasteiger partial charge in [0, 0.05) is 5.56 Å². The second-order valence-corrected chi connectivity index (χ2v) is 2.83. The van der Waals surface area contributed by atoms with Crippen molar-refractivity contribution in [3.8, 4) is 0 Å². The maximum atomic E-state index is 10.7. The third-order valence-electron chi connectivity index (χ3n) is 1.90. The molecule has 0 saturated carbocycles. The Morgan fingerprint density at radius 2 is 1.86 bits per heavy atom. The van der Waals surface area contributed by atoms with Gasteiger partial charge in [0.2, 0.25) is 0 Å². The van der Waals surface area contributed by atoms with E-state index in [0.29, 0.717) is 5.76 Å². The molecule has 1 aromatic carbocycles. The number of carboxylic acid groups (broad SMARTS) is 1. The molecule has 1 aromatic rings. The Morgan fingerprint density at radius 3 is 2.29 bits per heavy atom. The van der Waals surface area contributed by atoms with E-state index in [1.54, 1.807) is 0 Å². The minimum absolute atomic E-state index is 0.207. The molecule has 74 valence electrons. The standard InChI is InChI=1S/C11H12O3/c1-8(11(12)13)10(14-2)9-6-4-3-5-7-9/h3-7H,1-2H3,(H,12,13). The van der Waals surface area contributed by atoms with Crippen molar-refractivity contribution in [1.29, 1.82) is 0 Å². The molecule has 0 atom stereocenters. The van der Waals surface area contributed by atoms with Crippen LogP contribution < -0.4 is 0 Å². The van der Waals surface area contributed by atoms with E-state index in [1.807, 2.05) is 30.3 Å². The Hall–Kier alpha value is -1.77. The van der Waals surface area contributed by atoms with Gasteiger partial charge in [0.1, 0.15) is 5.76 Å². The minimum Gasteiger partial charge on any atom is -0.496 e. The highest BCUT2D eigenvalue weighted by Gasteiger charge is 2.11. The first-order valence-electron chi connectivity index (χ1n) is 4.20. The van der Waals surface area contributed by atoms with Crippen LogP contribution in [-0.2, 0) is 9.53 Å². The summed E-state index contributed by atoms with van der Waals surface area (Å²) in [5.74, 6) is -0.566. The summed E-state index contributed by atoms with van der Waals surface area (Å²) in [7, 11) is 1.47. The molecule has 0 aliphatic carbocycles. The molecule has 0 radical (unpaired) electrons. The first-order valence-corrected chi connectivity index (χ1v) is 4.20. The molecular formula is C11H12O3. The molecule has 3 heteroatoms. The fourth-order valence-electron chi connectivity index (χ4n) is 1.17. The summed E-state index contributed by atoms with van der Waals surface area (Å²) in [6.45, 7) is 1.52. The number of benzene rings is 1. The molecule has 1 N–H and O–H groups in total. The first-order chi connectivity index (χ1) is 6.66. The van der Waals surface area contributed by atoms with Crippen molar-refractivity contribution in [2.45, 2.75) is 6.92 Å². The molecular weight excluding hydrogens is 180 g/mol. The highest BCUT2D eigenvalue weighted by atomic mass is 16.5. The van der Waals surface area contributed by atoms with Gasteiger partial charge in [-0.3, -0.25) is 0 Å². The maximum absolute atomic E-state index is 10.7. The van der Waals surface area contributed by atoms with E-state index in [1.165, 1.54) is 14.0 Å². The Kier molecular flexibility index (Phi) is 3.29. The summed E-state index contributed by atoms with van der Waals surface area (Å²) in [6, 6.07) is 9.16. The number of rotatable bonds is 3. The molecule has 0 aliphatic rings. The quantitative estimate of drug-likeness (QED) is 0.589. The molecule has 3 nitrogen and oxygen atoms in total. The molecule has 0 saturated heterocycles. The normalized spacial score (nSPS) is 11.9. The maximum Gasteiger partial charge on any atom is 0.335 e. The van der Waals surface area contributed by atoms with Gasteiger partial charge in [0.25, 0.3) is 0 Å². The summed E-state index contributed by atoms with van der Waals surface area (Å²) >= 11 is 0. The van der Waals surface area contributed by atoms with Gasteiger partial charge in [0.05, 0.1) is 12.7 Å². The van der Waals surface area contributed by atoms with Crippen molar-refractivity contribution in [1.82, 2.24) is 0 Å². The minimum atomic E-state index is -0.967. The number of aliphatic carboxylic acids is 1. The Balaban J connectivity index is 3.17. The summed E-state index contributed by atoms with van der Waals surface area (Å²) in [5, 5.41) is 8.81. The van der Waals surface area contributed by atoms with Crippen LogP contribution in [0.2, 0.25) is 0 Å². The van der Waals surface area contributed by atoms with Crippen molar-refractivity contribution in [2.75, 3.05) is 7.11 Å². The number of carbonyl (C=O) groups is 1. The zero-order valence-corrected chi connectivity index (χ0v) is 8.15. The summed E-state index contributed by atoms with van der Waals surface area (Å²) in [5.41, 5.74) is 0.980. The molecule has 0 aromatic heterocycles. The lowest BCUT2D eigenvalue weighted by Gasteiger charge is -2.08. The van der Waals surface area contributed by atoms with Crippen LogP contribution in [-0.4, -0.2) is 18.2 Å². The fraction of sp³-hybridized carbons (Fsp3) is 0.182. The molecule has 0 amide bonds. The predicted octanol–water partition coefficient (Wildman–Crippen LogP) is 2.15. The molecule has 14 heavy (non-hydrogen) atoms. The Labute approximate surface area is 82.6 Å². The Bertz CT molecular complexity index is 352. The van der Waals surface area contributed by atoms with E-state index < -0.39 is 5.97 Å². The highest BCUT2D eigenvalue weighted by Crippen LogP contribution is 2.18. The smallest absolute Gasteiger partial charge is 0.335 e. The number of hydrogen-bond donors (Lipinski definition) is 1. The van der Waals surface area contributed by atoms with E-state index in [-0.39, 0.29) is 5.57 Å². The largest absolute Gasteiger partial charge is 0.496 e. The van der Waals surface area contributed by atoms with Crippen LogP contribution in [0.1, 0.15) is 12.5 Å². The summed E-state index contributed by atoms with van der Waals surface area (Å²) in [6.07, 6.45) is 0. The zero-order valence-electron chi connectivity index (χ0n) is 8.15. The SMILES string of the molecule is COC(=C(C)C(=O)O)c1ccccc1. The third kappa shape index (κ3) is 2.13. The fourth-order valence-corrected chi connectivity index (χ4v) is 1.17. The van der Waals surface area contributed by atoms with E-state index >= 15 is 0 Å². The first kappa shape index (κ1) is 10.3. The third-order valence-corrected chi connectivity index (χ3v) is 1.90. The van der Waals surface area contributed by atoms with Crippen LogP contribution in [0.5, 0.6) is 0 Å². The van der Waals surface area contributed by atoms with Crippen LogP contribution in [0.3, 0.4) is 0 Å². The van der Waals surface area contributed by atoms with E-state index in [2.05, 4.69) is 0 Å². The number of hydrogen-bond acceptors (Lipinski definition) is 2. The van der Waals surface area contributed by atoms with Crippen molar-refractivity contribution in [2.24, 2.45) is 0 Å². The number of carboxylic acids is 1. The molecule has 0 unspecified atom stereocenters. The lowest BCUT2D eigenvalue weighted by molar-refractivity contribution is -0.132. The second-order valence-electron chi connectivity index (χ2n) is 2.83. The summed E-state index contributed by atoms with van der Waals surface area (Å²) < 4.78 is 5.06. The van der Waals surface area contributed by atoms with E-state index in [0.717, 1.165) is 5.56 Å². The predicted molar refractivity (Wildman–Crippen MR) is 53.7 cm³/mol. The van der Waals surface area contributed by atoms with E-state index in [4.69, 9.17) is 9.84 Å². The Morgan fingerprint density at radius 1 is 1.29 bits per heavy atom. The lowest BCUT2D eigenvalue weighted by atomic mass is 10.1. The van der Waals surface area contributed by atoms with Crippen molar-refractivity contribution >= 4 is 11.7 Å². The van der Waals surface area contributed by atoms with Gasteiger partial charge in [-0.05, 0) is 6.92 Å². The molecule has 0 spiro atoms. The van der Waals surface area contributed by atoms with Crippen LogP contribution in [0.4, 0.5) is 0 Å². The number of methoxy groups -OCH3 is 1. The van der Waals surface area contributed by atoms with Gasteiger partial charge in [-0.1, -0.05) is 30.3 Å². The van der Waals surface area contributed by atoms with Crippen LogP contribution in [0.25, 0.3) is 5.76 Å². The van der Waals surface area contributed by atoms with Crippen molar-refractivity contribution in [3.05, 3.63) is 41.5 Å². The lowest BCUT2D eigenvalue weighted by Crippen LogP contribution is -2.02. The number of ether oxygens (including phenoxy) is 1. The second kappa shape index (κ2) is 4.46. The van der Waals surface area contributed by atoms with Crippen molar-refractivity contribution in [3.63, 3.8) is 0 Å². The summed E-state index contributed by atoms with van der Waals surface area (Å²) in [4.78, 5) is 10.7. The van der Waals surface area contributed by atoms with Gasteiger partial charge < -0.3 is 9.84 Å². The molecule has 0 heterocycles. The average Bonchev–Trinajstić information content (AvgIpc) is 2.20. The molecule has 0 bridgehead atoms. The molecule has 0 aliphatic heterocycles. The van der Waals surface area contributed by atoms with Gasteiger partial charge in [-0.15, -0.1) is 0 Å². The van der Waals surface area contributed by atoms with Gasteiger partial charge >= 0.3 is 5.97 Å². The molecule has 0 fully saturated rings. The van der Waals surface area contributed by atoms with Gasteiger partial charge in [-0.2, -0.15) is 0 Å². The topological polar surface area (TPSA) is 46.5 Å². The highest BCUT2D eigenvalue weighted by molar-refractivity contribution is 5.94. The van der Waals surface area contributed by atoms with Crippen LogP contribution in [0.15, 0.2) is 35.9 Å². The van der Waals surface area contributed by atoms with Crippen LogP contribution >= 0.6 is 0 Å². The van der Waals surface area contributed by atoms with Crippen LogP contribution in [0, 0.1) is 0 Å². The van der Waals surface area contributed by atoms with E-state index in [9.17, 15) is 4.79 Å². The average molecular weight is 192 g/mol. The van der Waals surface area contributed by atoms with Gasteiger partial charge in [-0.25, -0.2) is 4.79 Å². The molecule has 1 rings (SSSR count). The van der Waals surface area contributed by atoms with Crippen molar-refractivity contribution < 1.29 is 14.6 Å². The monoisotopic (exact) mass is 192 g/mol. The van der Waals surface area contributed by atoms with Gasteiger partial charge in [0.15, 0.2) is 0 Å².